The van der Waals surface area contributed by atoms with Crippen molar-refractivity contribution < 1.29 is 28.7 Å². The van der Waals surface area contributed by atoms with Crippen molar-refractivity contribution in [3.8, 4) is 5.75 Å². The summed E-state index contributed by atoms with van der Waals surface area (Å²) in [7, 11) is 2.50. The molecule has 0 spiro atoms. The number of ether oxygens (including phenoxy) is 3. The van der Waals surface area contributed by atoms with E-state index in [9.17, 15) is 19.7 Å². The summed E-state index contributed by atoms with van der Waals surface area (Å²) in [5.74, 6) is -0.562. The number of benzene rings is 1. The lowest BCUT2D eigenvalue weighted by molar-refractivity contribution is -0.384. The third-order valence-electron chi connectivity index (χ3n) is 3.15. The number of carbonyl (C=O) groups excluding carboxylic acids is 2. The largest absolute Gasteiger partial charge is 0.496 e. The number of alkyl carbamates (subject to hydrolysis) is 1. The molecule has 144 valence electrons. The molecule has 0 aliphatic carbocycles. The van der Waals surface area contributed by atoms with Crippen molar-refractivity contribution in [1.29, 1.82) is 0 Å². The topological polar surface area (TPSA) is 117 Å². The monoisotopic (exact) mass is 388 g/mol. The minimum absolute atomic E-state index is 0.0627. The Morgan fingerprint density at radius 2 is 1.92 bits per heavy atom. The van der Waals surface area contributed by atoms with E-state index in [0.29, 0.717) is 5.56 Å². The summed E-state index contributed by atoms with van der Waals surface area (Å²) < 4.78 is 14.9. The van der Waals surface area contributed by atoms with Crippen LogP contribution < -0.4 is 10.1 Å². The van der Waals surface area contributed by atoms with Crippen LogP contribution in [0.3, 0.4) is 0 Å². The first kappa shape index (κ1) is 21.5. The summed E-state index contributed by atoms with van der Waals surface area (Å²) in [4.78, 5) is 34.3. The quantitative estimate of drug-likeness (QED) is 0.452. The molecule has 1 amide bonds. The molecule has 26 heavy (non-hydrogen) atoms. The molecule has 0 aliphatic rings. The number of methoxy groups -OCH3 is 2. The second-order valence-electron chi connectivity index (χ2n) is 6.30. The van der Waals surface area contributed by atoms with Crippen LogP contribution in [0.15, 0.2) is 12.1 Å². The van der Waals surface area contributed by atoms with Gasteiger partial charge in [0.2, 0.25) is 0 Å². The predicted octanol–water partition coefficient (Wildman–Crippen LogP) is 2.87. The maximum atomic E-state index is 12.0. The SMILES string of the molecule is COC(=O)C(Cc1cc(Cl)c([N+](=O)[O-])cc1OC)NC(=O)OC(C)(C)C. The molecule has 0 radical (unpaired) electrons. The number of nitrogens with zero attached hydrogens (tertiary/aromatic N) is 1. The van der Waals surface area contributed by atoms with Crippen LogP contribution in [0.1, 0.15) is 26.3 Å². The molecule has 0 heterocycles. The fourth-order valence-electron chi connectivity index (χ4n) is 2.08. The molecule has 0 aromatic heterocycles. The molecular weight excluding hydrogens is 368 g/mol. The second-order valence-corrected chi connectivity index (χ2v) is 6.71. The Morgan fingerprint density at radius 1 is 1.31 bits per heavy atom. The highest BCUT2D eigenvalue weighted by molar-refractivity contribution is 6.32. The van der Waals surface area contributed by atoms with Gasteiger partial charge in [-0.2, -0.15) is 0 Å². The maximum Gasteiger partial charge on any atom is 0.408 e. The molecular formula is C16H21ClN2O7. The van der Waals surface area contributed by atoms with Crippen LogP contribution in [0, 0.1) is 10.1 Å². The molecule has 0 bridgehead atoms. The molecule has 1 atom stereocenters. The number of hydrogen-bond donors (Lipinski definition) is 1. The van der Waals surface area contributed by atoms with Gasteiger partial charge in [0, 0.05) is 6.42 Å². The summed E-state index contributed by atoms with van der Waals surface area (Å²) in [6, 6.07) is 1.37. The predicted molar refractivity (Wildman–Crippen MR) is 93.5 cm³/mol. The van der Waals surface area contributed by atoms with E-state index < -0.39 is 28.6 Å². The number of rotatable bonds is 6. The van der Waals surface area contributed by atoms with Gasteiger partial charge in [-0.15, -0.1) is 0 Å². The number of amides is 1. The van der Waals surface area contributed by atoms with Crippen LogP contribution in [0.4, 0.5) is 10.5 Å². The molecule has 1 N–H and O–H groups in total. The Hall–Kier alpha value is -2.55. The molecule has 0 saturated carbocycles. The van der Waals surface area contributed by atoms with E-state index in [4.69, 9.17) is 25.8 Å². The average Bonchev–Trinajstić information content (AvgIpc) is 2.51. The number of carbonyl (C=O) groups is 2. The van der Waals surface area contributed by atoms with E-state index in [1.165, 1.54) is 20.3 Å². The lowest BCUT2D eigenvalue weighted by Gasteiger charge is -2.23. The van der Waals surface area contributed by atoms with E-state index in [2.05, 4.69) is 5.32 Å². The van der Waals surface area contributed by atoms with E-state index in [1.54, 1.807) is 20.8 Å². The van der Waals surface area contributed by atoms with Gasteiger partial charge in [0.05, 0.1) is 25.2 Å². The van der Waals surface area contributed by atoms with E-state index in [1.807, 2.05) is 0 Å². The standard InChI is InChI=1S/C16H21ClN2O7/c1-16(2,3)26-15(21)18-11(14(20)25-5)7-9-6-10(17)12(19(22)23)8-13(9)24-4/h6,8,11H,7H2,1-5H3,(H,18,21). The van der Waals surface area contributed by atoms with Crippen LogP contribution in [-0.2, 0) is 20.7 Å². The maximum absolute atomic E-state index is 12.0. The van der Waals surface area contributed by atoms with Crippen molar-refractivity contribution >= 4 is 29.4 Å². The zero-order chi connectivity index (χ0) is 20.1. The van der Waals surface area contributed by atoms with Crippen LogP contribution >= 0.6 is 11.6 Å². The van der Waals surface area contributed by atoms with E-state index >= 15 is 0 Å². The molecule has 10 heteroatoms. The summed E-state index contributed by atoms with van der Waals surface area (Å²) in [5, 5.41) is 13.3. The molecule has 1 unspecified atom stereocenters. The van der Waals surface area contributed by atoms with Gasteiger partial charge in [0.25, 0.3) is 5.69 Å². The fourth-order valence-corrected chi connectivity index (χ4v) is 2.33. The summed E-state index contributed by atoms with van der Waals surface area (Å²) in [6.45, 7) is 5.04. The first-order valence-corrected chi connectivity index (χ1v) is 7.94. The Balaban J connectivity index is 3.12. The second kappa shape index (κ2) is 8.70. The van der Waals surface area contributed by atoms with Gasteiger partial charge in [0.1, 0.15) is 22.4 Å². The van der Waals surface area contributed by atoms with Crippen molar-refractivity contribution in [2.24, 2.45) is 0 Å². The molecule has 1 aromatic carbocycles. The highest BCUT2D eigenvalue weighted by Crippen LogP contribution is 2.33. The Kier molecular flexibility index (Phi) is 7.19. The van der Waals surface area contributed by atoms with Gasteiger partial charge in [-0.1, -0.05) is 11.6 Å². The lowest BCUT2D eigenvalue weighted by Crippen LogP contribution is -2.45. The van der Waals surface area contributed by atoms with Gasteiger partial charge >= 0.3 is 12.1 Å². The van der Waals surface area contributed by atoms with E-state index in [0.717, 1.165) is 6.07 Å². The zero-order valence-corrected chi connectivity index (χ0v) is 15.9. The van der Waals surface area contributed by atoms with Crippen LogP contribution in [0.2, 0.25) is 5.02 Å². The number of nitrogens with one attached hydrogen (secondary N) is 1. The van der Waals surface area contributed by atoms with Gasteiger partial charge in [0.15, 0.2) is 0 Å². The number of nitro benzene ring substituents is 1. The highest BCUT2D eigenvalue weighted by Gasteiger charge is 2.27. The first-order chi connectivity index (χ1) is 12.0. The Bertz CT molecular complexity index is 701. The normalized spacial score (nSPS) is 12.1. The van der Waals surface area contributed by atoms with Gasteiger partial charge in [-0.25, -0.2) is 9.59 Å². The number of esters is 1. The molecule has 0 saturated heterocycles. The van der Waals surface area contributed by atoms with Gasteiger partial charge < -0.3 is 19.5 Å². The third kappa shape index (κ3) is 6.07. The number of nitro groups is 1. The lowest BCUT2D eigenvalue weighted by atomic mass is 10.0. The van der Waals surface area contributed by atoms with Gasteiger partial charge in [-0.05, 0) is 32.4 Å². The van der Waals surface area contributed by atoms with Crippen LogP contribution in [0.25, 0.3) is 0 Å². The van der Waals surface area contributed by atoms with Crippen LogP contribution in [0.5, 0.6) is 5.75 Å². The van der Waals surface area contributed by atoms with Crippen molar-refractivity contribution in [3.05, 3.63) is 32.8 Å². The van der Waals surface area contributed by atoms with Crippen molar-refractivity contribution in [1.82, 2.24) is 5.32 Å². The molecule has 1 rings (SSSR count). The van der Waals surface area contributed by atoms with Gasteiger partial charge in [-0.3, -0.25) is 10.1 Å². The Labute approximate surface area is 155 Å². The summed E-state index contributed by atoms with van der Waals surface area (Å²) in [6.07, 6.45) is -0.868. The molecule has 0 fully saturated rings. The minimum atomic E-state index is -1.10. The minimum Gasteiger partial charge on any atom is -0.496 e. The molecule has 0 aliphatic heterocycles. The smallest absolute Gasteiger partial charge is 0.408 e. The molecule has 1 aromatic rings. The number of halogens is 1. The third-order valence-corrected chi connectivity index (χ3v) is 3.45. The fraction of sp³-hybridized carbons (Fsp3) is 0.500. The zero-order valence-electron chi connectivity index (χ0n) is 15.1. The Morgan fingerprint density at radius 3 is 2.38 bits per heavy atom. The van der Waals surface area contributed by atoms with E-state index in [-0.39, 0.29) is 22.9 Å². The first-order valence-electron chi connectivity index (χ1n) is 7.56. The summed E-state index contributed by atoms with van der Waals surface area (Å²) >= 11 is 5.92. The number of hydrogen-bond acceptors (Lipinski definition) is 7. The highest BCUT2D eigenvalue weighted by atomic mass is 35.5. The average molecular weight is 389 g/mol. The molecule has 9 nitrogen and oxygen atoms in total. The van der Waals surface area contributed by atoms with Crippen molar-refractivity contribution in [3.63, 3.8) is 0 Å². The van der Waals surface area contributed by atoms with Crippen molar-refractivity contribution in [2.45, 2.75) is 38.8 Å². The van der Waals surface area contributed by atoms with Crippen molar-refractivity contribution in [2.75, 3.05) is 14.2 Å². The van der Waals surface area contributed by atoms with Crippen LogP contribution in [-0.4, -0.2) is 42.8 Å². The summed E-state index contributed by atoms with van der Waals surface area (Å²) in [5.41, 5.74) is -0.699.